The van der Waals surface area contributed by atoms with E-state index in [9.17, 15) is 4.79 Å². The predicted octanol–water partition coefficient (Wildman–Crippen LogP) is 2.44. The topological polar surface area (TPSA) is 54.0 Å². The van der Waals surface area contributed by atoms with Gasteiger partial charge in [-0.05, 0) is 25.3 Å². The number of esters is 1. The maximum atomic E-state index is 11.0. The smallest absolute Gasteiger partial charge is 0.330 e. The number of rotatable bonds is 5. The first-order chi connectivity index (χ1) is 9.13. The lowest BCUT2D eigenvalue weighted by molar-refractivity contribution is -0.169. The molecule has 0 bridgehead atoms. The van der Waals surface area contributed by atoms with Gasteiger partial charge in [0.1, 0.15) is 6.10 Å². The van der Waals surface area contributed by atoms with Crippen molar-refractivity contribution in [3.8, 4) is 0 Å². The van der Waals surface area contributed by atoms with Crippen LogP contribution in [0.5, 0.6) is 0 Å². The minimum absolute atomic E-state index is 0.0858. The highest BCUT2D eigenvalue weighted by atomic mass is 28.2. The molecule has 1 aliphatic heterocycles. The molecule has 2 atom stereocenters. The van der Waals surface area contributed by atoms with Gasteiger partial charge in [-0.3, -0.25) is 0 Å². The van der Waals surface area contributed by atoms with Crippen molar-refractivity contribution < 1.29 is 23.4 Å². The molecule has 1 fully saturated rings. The lowest BCUT2D eigenvalue weighted by Crippen LogP contribution is -2.29. The van der Waals surface area contributed by atoms with Crippen LogP contribution in [0, 0.1) is 0 Å². The van der Waals surface area contributed by atoms with Crippen molar-refractivity contribution in [1.82, 2.24) is 0 Å². The number of ether oxygens (including phenoxy) is 3. The second-order valence-corrected chi connectivity index (χ2v) is 8.11. The fourth-order valence-electron chi connectivity index (χ4n) is 1.66. The first-order valence-corrected chi connectivity index (χ1v) is 7.57. The molecule has 0 N–H and O–H groups in total. The third-order valence-corrected chi connectivity index (χ3v) is 3.41. The highest BCUT2D eigenvalue weighted by molar-refractivity contribution is 6.31. The minimum atomic E-state index is -0.670. The van der Waals surface area contributed by atoms with E-state index in [2.05, 4.69) is 25.5 Å². The molecule has 114 valence electrons. The van der Waals surface area contributed by atoms with Crippen molar-refractivity contribution in [3.05, 3.63) is 12.2 Å². The monoisotopic (exact) mass is 300 g/mol. The van der Waals surface area contributed by atoms with Crippen LogP contribution in [0.1, 0.15) is 41.0 Å². The Kier molecular flexibility index (Phi) is 5.94. The van der Waals surface area contributed by atoms with Gasteiger partial charge in [0.2, 0.25) is 9.76 Å². The summed E-state index contributed by atoms with van der Waals surface area (Å²) in [4.78, 5) is 11.0. The van der Waals surface area contributed by atoms with Crippen molar-refractivity contribution in [2.24, 2.45) is 0 Å². The maximum Gasteiger partial charge on any atom is 0.330 e. The summed E-state index contributed by atoms with van der Waals surface area (Å²) in [5.41, 5.74) is 0. The number of hydrogen-bond donors (Lipinski definition) is 0. The van der Waals surface area contributed by atoms with Gasteiger partial charge >= 0.3 is 5.97 Å². The summed E-state index contributed by atoms with van der Waals surface area (Å²) in [5.74, 6) is -1.05. The largest absolute Gasteiger partial charge is 0.466 e. The molecule has 0 spiro atoms. The first-order valence-electron chi connectivity index (χ1n) is 6.66. The van der Waals surface area contributed by atoms with E-state index < -0.39 is 12.1 Å². The van der Waals surface area contributed by atoms with Gasteiger partial charge in [0.15, 0.2) is 12.1 Å². The summed E-state index contributed by atoms with van der Waals surface area (Å²) in [6, 6.07) is 0. The summed E-state index contributed by atoms with van der Waals surface area (Å²) in [6.45, 7) is 10.0. The Balaban J connectivity index is 2.56. The molecule has 0 saturated carbocycles. The molecule has 0 aromatic heterocycles. The number of carbonyl (C=O) groups excluding carboxylic acids is 1. The molecule has 1 rings (SSSR count). The summed E-state index contributed by atoms with van der Waals surface area (Å²) in [7, 11) is 1.67. The molecule has 1 heterocycles. The van der Waals surface area contributed by atoms with E-state index in [1.165, 1.54) is 13.2 Å². The van der Waals surface area contributed by atoms with Crippen molar-refractivity contribution in [2.75, 3.05) is 7.11 Å². The molecule has 0 unspecified atom stereocenters. The van der Waals surface area contributed by atoms with E-state index >= 15 is 0 Å². The molecule has 1 saturated heterocycles. The van der Waals surface area contributed by atoms with Gasteiger partial charge in [0.05, 0.1) is 7.11 Å². The van der Waals surface area contributed by atoms with E-state index in [0.29, 0.717) is 16.2 Å². The number of hydrogen-bond acceptors (Lipinski definition) is 5. The van der Waals surface area contributed by atoms with Gasteiger partial charge in [0, 0.05) is 6.08 Å². The molecule has 2 radical (unpaired) electrons. The van der Waals surface area contributed by atoms with Gasteiger partial charge < -0.3 is 18.6 Å². The van der Waals surface area contributed by atoms with Crippen LogP contribution in [0.25, 0.3) is 0 Å². The summed E-state index contributed by atoms with van der Waals surface area (Å²) in [6.07, 6.45) is 3.01. The lowest BCUT2D eigenvalue weighted by Gasteiger charge is -2.22. The maximum absolute atomic E-state index is 11.0. The fraction of sp³-hybridized carbons (Fsp3) is 0.786. The van der Waals surface area contributed by atoms with Gasteiger partial charge in [-0.1, -0.05) is 26.8 Å². The number of carbonyl (C=O) groups is 1. The lowest BCUT2D eigenvalue weighted by atomic mass is 10.2. The van der Waals surface area contributed by atoms with Gasteiger partial charge in [-0.25, -0.2) is 4.79 Å². The Morgan fingerprint density at radius 2 is 2.00 bits per heavy atom. The van der Waals surface area contributed by atoms with Crippen LogP contribution in [-0.2, 0) is 23.4 Å². The molecule has 0 amide bonds. The molecule has 5 nitrogen and oxygen atoms in total. The molecule has 1 aliphatic rings. The Morgan fingerprint density at radius 3 is 2.55 bits per heavy atom. The van der Waals surface area contributed by atoms with Crippen LogP contribution in [0.2, 0.25) is 5.04 Å². The van der Waals surface area contributed by atoms with E-state index in [1.807, 2.05) is 13.8 Å². The van der Waals surface area contributed by atoms with Crippen molar-refractivity contribution >= 4 is 15.7 Å². The van der Waals surface area contributed by atoms with Gasteiger partial charge in [-0.15, -0.1) is 0 Å². The zero-order valence-corrected chi connectivity index (χ0v) is 14.1. The van der Waals surface area contributed by atoms with Crippen LogP contribution in [0.15, 0.2) is 12.2 Å². The Labute approximate surface area is 123 Å². The van der Waals surface area contributed by atoms with Crippen LogP contribution < -0.4 is 0 Å². The SMILES string of the molecule is COC(=O)/C=C/C[C@@H]1OC(C)(C)O[C@H]1O[Si]C(C)(C)C. The normalized spacial score (nSPS) is 26.1. The zero-order valence-electron chi connectivity index (χ0n) is 13.1. The molecule has 0 aromatic rings. The molecule has 6 heteroatoms. The third kappa shape index (κ3) is 6.17. The summed E-state index contributed by atoms with van der Waals surface area (Å²) < 4.78 is 21.9. The van der Waals surface area contributed by atoms with Crippen LogP contribution in [0.4, 0.5) is 0 Å². The minimum Gasteiger partial charge on any atom is -0.466 e. The highest BCUT2D eigenvalue weighted by Gasteiger charge is 2.41. The molecule has 0 aromatic carbocycles. The van der Waals surface area contributed by atoms with Crippen molar-refractivity contribution in [3.63, 3.8) is 0 Å². The van der Waals surface area contributed by atoms with Gasteiger partial charge in [0.25, 0.3) is 0 Å². The fourth-order valence-corrected chi connectivity index (χ4v) is 2.33. The summed E-state index contributed by atoms with van der Waals surface area (Å²) in [5, 5.41) is 0.0858. The average molecular weight is 300 g/mol. The molecule has 0 aliphatic carbocycles. The Bertz CT molecular complexity index is 359. The quantitative estimate of drug-likeness (QED) is 0.443. The van der Waals surface area contributed by atoms with E-state index in [0.717, 1.165) is 0 Å². The van der Waals surface area contributed by atoms with Gasteiger partial charge in [-0.2, -0.15) is 0 Å². The number of methoxy groups -OCH3 is 1. The van der Waals surface area contributed by atoms with Crippen molar-refractivity contribution in [2.45, 2.75) is 64.3 Å². The van der Waals surface area contributed by atoms with Crippen LogP contribution in [-0.4, -0.2) is 41.0 Å². The van der Waals surface area contributed by atoms with E-state index in [-0.39, 0.29) is 17.1 Å². The molecule has 20 heavy (non-hydrogen) atoms. The Morgan fingerprint density at radius 1 is 1.35 bits per heavy atom. The average Bonchev–Trinajstić information content (AvgIpc) is 2.60. The third-order valence-electron chi connectivity index (χ3n) is 2.44. The highest BCUT2D eigenvalue weighted by Crippen LogP contribution is 2.32. The van der Waals surface area contributed by atoms with Crippen LogP contribution in [0.3, 0.4) is 0 Å². The first kappa shape index (κ1) is 17.4. The van der Waals surface area contributed by atoms with Crippen LogP contribution >= 0.6 is 0 Å². The summed E-state index contributed by atoms with van der Waals surface area (Å²) >= 11 is 0. The Hall–Kier alpha value is -0.693. The zero-order chi connectivity index (χ0) is 15.4. The second-order valence-electron chi connectivity index (χ2n) is 6.17. The van der Waals surface area contributed by atoms with E-state index in [4.69, 9.17) is 13.9 Å². The van der Waals surface area contributed by atoms with E-state index in [1.54, 1.807) is 6.08 Å². The van der Waals surface area contributed by atoms with Crippen molar-refractivity contribution in [1.29, 1.82) is 0 Å². The predicted molar refractivity (Wildman–Crippen MR) is 76.2 cm³/mol. The molecular weight excluding hydrogens is 276 g/mol. The molecular formula is C14H24O5Si. The second kappa shape index (κ2) is 6.84. The standard InChI is InChI=1S/C14H24O5Si/c1-13(2,3)20-19-12-10(17-14(4,5)18-12)8-7-9-11(15)16-6/h7,9-10,12H,8H2,1-6H3/b9-7+/t10-,12-/m0/s1.